The zero-order chi connectivity index (χ0) is 15.6. The summed E-state index contributed by atoms with van der Waals surface area (Å²) < 4.78 is 0. The molecular formula is C16H28N2O3. The number of nitrogens with zero attached hydrogens (tertiary/aromatic N) is 2. The van der Waals surface area contributed by atoms with E-state index in [4.69, 9.17) is 5.11 Å². The number of carbonyl (C=O) groups excluding carboxylic acids is 1. The van der Waals surface area contributed by atoms with Crippen molar-refractivity contribution in [2.45, 2.75) is 58.4 Å². The minimum atomic E-state index is -0.783. The van der Waals surface area contributed by atoms with Crippen molar-refractivity contribution in [3.05, 3.63) is 0 Å². The second-order valence-corrected chi connectivity index (χ2v) is 7.41. The maximum atomic E-state index is 12.6. The summed E-state index contributed by atoms with van der Waals surface area (Å²) in [6.07, 6.45) is 5.85. The number of carboxylic acid groups (broad SMARTS) is 1. The third-order valence-electron chi connectivity index (χ3n) is 5.20. The molecule has 1 atom stereocenters. The first-order valence-electron chi connectivity index (χ1n) is 8.05. The SMILES string of the molecule is CN(C(=O)N1CCCC(C(=O)O)C1)C1CCC(C)(C)CC1. The first-order valence-corrected chi connectivity index (χ1v) is 8.05. The molecule has 1 saturated carbocycles. The fraction of sp³-hybridized carbons (Fsp3) is 0.875. The lowest BCUT2D eigenvalue weighted by Crippen LogP contribution is -2.51. The zero-order valence-electron chi connectivity index (χ0n) is 13.5. The Morgan fingerprint density at radius 1 is 1.19 bits per heavy atom. The van der Waals surface area contributed by atoms with Gasteiger partial charge in [0.1, 0.15) is 0 Å². The quantitative estimate of drug-likeness (QED) is 0.852. The molecule has 0 aromatic carbocycles. The van der Waals surface area contributed by atoms with Gasteiger partial charge in [-0.3, -0.25) is 4.79 Å². The highest BCUT2D eigenvalue weighted by molar-refractivity contribution is 5.76. The maximum absolute atomic E-state index is 12.6. The van der Waals surface area contributed by atoms with E-state index in [0.29, 0.717) is 31.0 Å². The summed E-state index contributed by atoms with van der Waals surface area (Å²) >= 11 is 0. The first-order chi connectivity index (χ1) is 9.80. The molecule has 1 heterocycles. The van der Waals surface area contributed by atoms with E-state index in [0.717, 1.165) is 32.1 Å². The fourth-order valence-corrected chi connectivity index (χ4v) is 3.50. The topological polar surface area (TPSA) is 60.9 Å². The van der Waals surface area contributed by atoms with E-state index in [1.807, 2.05) is 11.9 Å². The molecular weight excluding hydrogens is 268 g/mol. The van der Waals surface area contributed by atoms with E-state index in [-0.39, 0.29) is 6.03 Å². The number of likely N-dealkylation sites (tertiary alicyclic amines) is 1. The third kappa shape index (κ3) is 3.89. The molecule has 5 heteroatoms. The van der Waals surface area contributed by atoms with Crippen LogP contribution in [0.15, 0.2) is 0 Å². The van der Waals surface area contributed by atoms with Crippen LogP contribution >= 0.6 is 0 Å². The van der Waals surface area contributed by atoms with Crippen molar-refractivity contribution >= 4 is 12.0 Å². The lowest BCUT2D eigenvalue weighted by molar-refractivity contribution is -0.143. The van der Waals surface area contributed by atoms with E-state index in [9.17, 15) is 9.59 Å². The standard InChI is InChI=1S/C16H28N2O3/c1-16(2)8-6-13(7-9-16)17(3)15(21)18-10-4-5-12(11-18)14(19)20/h12-13H,4-11H2,1-3H3,(H,19,20). The Bertz CT molecular complexity index is 398. The highest BCUT2D eigenvalue weighted by Gasteiger charge is 2.34. The Morgan fingerprint density at radius 3 is 2.38 bits per heavy atom. The lowest BCUT2D eigenvalue weighted by Gasteiger charge is -2.41. The largest absolute Gasteiger partial charge is 0.481 e. The molecule has 2 fully saturated rings. The van der Waals surface area contributed by atoms with Crippen molar-refractivity contribution in [3.63, 3.8) is 0 Å². The third-order valence-corrected chi connectivity index (χ3v) is 5.20. The maximum Gasteiger partial charge on any atom is 0.320 e. The Kier molecular flexibility index (Phi) is 4.79. The molecule has 0 aromatic rings. The highest BCUT2D eigenvalue weighted by Crippen LogP contribution is 2.36. The molecule has 120 valence electrons. The van der Waals surface area contributed by atoms with Gasteiger partial charge in [-0.25, -0.2) is 4.79 Å². The average molecular weight is 296 g/mol. The molecule has 0 aromatic heterocycles. The minimum Gasteiger partial charge on any atom is -0.481 e. The second-order valence-electron chi connectivity index (χ2n) is 7.41. The van der Waals surface area contributed by atoms with Gasteiger partial charge in [0.25, 0.3) is 0 Å². The van der Waals surface area contributed by atoms with E-state index >= 15 is 0 Å². The second kappa shape index (κ2) is 6.24. The molecule has 1 saturated heterocycles. The van der Waals surface area contributed by atoms with Gasteiger partial charge in [0.05, 0.1) is 5.92 Å². The molecule has 21 heavy (non-hydrogen) atoms. The average Bonchev–Trinajstić information content (AvgIpc) is 2.46. The van der Waals surface area contributed by atoms with Crippen LogP contribution in [0.2, 0.25) is 0 Å². The Hall–Kier alpha value is -1.26. The molecule has 0 spiro atoms. The number of carboxylic acids is 1. The van der Waals surface area contributed by atoms with Crippen LogP contribution in [0.25, 0.3) is 0 Å². The van der Waals surface area contributed by atoms with E-state index in [2.05, 4.69) is 13.8 Å². The van der Waals surface area contributed by atoms with Crippen LogP contribution in [0.4, 0.5) is 4.79 Å². The van der Waals surface area contributed by atoms with Gasteiger partial charge in [-0.2, -0.15) is 0 Å². The van der Waals surface area contributed by atoms with Crippen molar-refractivity contribution in [2.75, 3.05) is 20.1 Å². The van der Waals surface area contributed by atoms with Gasteiger partial charge < -0.3 is 14.9 Å². The van der Waals surface area contributed by atoms with Crippen LogP contribution in [0.3, 0.4) is 0 Å². The van der Waals surface area contributed by atoms with Crippen LogP contribution in [0.5, 0.6) is 0 Å². The van der Waals surface area contributed by atoms with Gasteiger partial charge in [-0.05, 0) is 43.9 Å². The van der Waals surface area contributed by atoms with Gasteiger partial charge >= 0.3 is 12.0 Å². The number of rotatable bonds is 2. The van der Waals surface area contributed by atoms with Crippen molar-refractivity contribution in [2.24, 2.45) is 11.3 Å². The van der Waals surface area contributed by atoms with E-state index in [1.165, 1.54) is 0 Å². The van der Waals surface area contributed by atoms with Gasteiger partial charge in [0.2, 0.25) is 0 Å². The Morgan fingerprint density at radius 2 is 1.81 bits per heavy atom. The van der Waals surface area contributed by atoms with Gasteiger partial charge in [0.15, 0.2) is 0 Å². The molecule has 0 radical (unpaired) electrons. The van der Waals surface area contributed by atoms with Crippen LogP contribution in [0.1, 0.15) is 52.4 Å². The van der Waals surface area contributed by atoms with Crippen LogP contribution in [-0.2, 0) is 4.79 Å². The summed E-state index contributed by atoms with van der Waals surface area (Å²) in [4.78, 5) is 27.3. The fourth-order valence-electron chi connectivity index (χ4n) is 3.50. The summed E-state index contributed by atoms with van der Waals surface area (Å²) in [5.41, 5.74) is 0.389. The summed E-state index contributed by atoms with van der Waals surface area (Å²) in [6, 6.07) is 0.307. The monoisotopic (exact) mass is 296 g/mol. The molecule has 1 N–H and O–H groups in total. The van der Waals surface area contributed by atoms with Crippen molar-refractivity contribution in [3.8, 4) is 0 Å². The predicted molar refractivity (Wildman–Crippen MR) is 81.1 cm³/mol. The first kappa shape index (κ1) is 16.1. The number of piperidine rings is 1. The number of amides is 2. The smallest absolute Gasteiger partial charge is 0.320 e. The molecule has 5 nitrogen and oxygen atoms in total. The highest BCUT2D eigenvalue weighted by atomic mass is 16.4. The number of hydrogen-bond donors (Lipinski definition) is 1. The molecule has 2 rings (SSSR count). The van der Waals surface area contributed by atoms with Gasteiger partial charge in [0, 0.05) is 26.2 Å². The van der Waals surface area contributed by atoms with E-state index < -0.39 is 11.9 Å². The number of hydrogen-bond acceptors (Lipinski definition) is 2. The normalized spacial score (nSPS) is 26.4. The van der Waals surface area contributed by atoms with E-state index in [1.54, 1.807) is 4.90 Å². The van der Waals surface area contributed by atoms with Crippen LogP contribution in [0, 0.1) is 11.3 Å². The summed E-state index contributed by atoms with van der Waals surface area (Å²) in [5, 5.41) is 9.13. The van der Waals surface area contributed by atoms with Gasteiger partial charge in [-0.15, -0.1) is 0 Å². The lowest BCUT2D eigenvalue weighted by atomic mass is 9.75. The molecule has 1 aliphatic heterocycles. The number of aliphatic carboxylic acids is 1. The molecule has 1 aliphatic carbocycles. The minimum absolute atomic E-state index is 0.00524. The summed E-state index contributed by atoms with van der Waals surface area (Å²) in [5.74, 6) is -1.18. The predicted octanol–water partition coefficient (Wildman–Crippen LogP) is 2.80. The Labute approximate surface area is 127 Å². The number of urea groups is 1. The van der Waals surface area contributed by atoms with Crippen LogP contribution < -0.4 is 0 Å². The summed E-state index contributed by atoms with van der Waals surface area (Å²) in [6.45, 7) is 5.61. The summed E-state index contributed by atoms with van der Waals surface area (Å²) in [7, 11) is 1.87. The van der Waals surface area contributed by atoms with Crippen molar-refractivity contribution < 1.29 is 14.7 Å². The molecule has 2 aliphatic rings. The number of carbonyl (C=O) groups is 2. The molecule has 1 unspecified atom stereocenters. The van der Waals surface area contributed by atoms with Gasteiger partial charge in [-0.1, -0.05) is 13.8 Å². The molecule has 2 amide bonds. The Balaban J connectivity index is 1.91. The zero-order valence-corrected chi connectivity index (χ0v) is 13.5. The molecule has 0 bridgehead atoms. The van der Waals surface area contributed by atoms with Crippen molar-refractivity contribution in [1.29, 1.82) is 0 Å². The van der Waals surface area contributed by atoms with Crippen LogP contribution in [-0.4, -0.2) is 53.1 Å². The van der Waals surface area contributed by atoms with Crippen molar-refractivity contribution in [1.82, 2.24) is 9.80 Å².